The average Bonchev–Trinajstić information content (AvgIpc) is 3.05. The highest BCUT2D eigenvalue weighted by molar-refractivity contribution is 6.33. The standard InChI is InChI=1S/C18H16ClN3O3/c1-3-25-18-20-16(14-9-4-5-10-15(14)19)22(21-18)17(23)12-7-6-8-13(11-12)24-2/h4-11H,3H2,1-2H3. The van der Waals surface area contributed by atoms with E-state index in [0.29, 0.717) is 34.3 Å². The van der Waals surface area contributed by atoms with Crippen molar-refractivity contribution in [3.8, 4) is 23.1 Å². The Kier molecular flexibility index (Phi) is 5.00. The van der Waals surface area contributed by atoms with Crippen LogP contribution in [0.5, 0.6) is 11.8 Å². The summed E-state index contributed by atoms with van der Waals surface area (Å²) in [5.74, 6) is 0.546. The molecule has 1 aromatic heterocycles. The fourth-order valence-electron chi connectivity index (χ4n) is 2.32. The summed E-state index contributed by atoms with van der Waals surface area (Å²) in [5, 5.41) is 4.65. The molecule has 0 aliphatic carbocycles. The minimum absolute atomic E-state index is 0.119. The molecular weight excluding hydrogens is 342 g/mol. The van der Waals surface area contributed by atoms with Crippen LogP contribution in [0.1, 0.15) is 17.3 Å². The lowest BCUT2D eigenvalue weighted by Crippen LogP contribution is -2.15. The van der Waals surface area contributed by atoms with Crippen molar-refractivity contribution in [3.05, 3.63) is 59.1 Å². The molecule has 0 aliphatic heterocycles. The third-order valence-corrected chi connectivity index (χ3v) is 3.81. The number of benzene rings is 2. The SMILES string of the molecule is CCOc1nc(-c2ccccc2Cl)n(C(=O)c2cccc(OC)c2)n1. The minimum atomic E-state index is -0.354. The van der Waals surface area contributed by atoms with E-state index in [9.17, 15) is 4.79 Å². The van der Waals surface area contributed by atoms with Gasteiger partial charge in [-0.25, -0.2) is 0 Å². The zero-order valence-electron chi connectivity index (χ0n) is 13.8. The normalized spacial score (nSPS) is 10.5. The van der Waals surface area contributed by atoms with E-state index in [1.54, 1.807) is 49.6 Å². The molecule has 0 amide bonds. The fraction of sp³-hybridized carbons (Fsp3) is 0.167. The van der Waals surface area contributed by atoms with Crippen LogP contribution in [0, 0.1) is 0 Å². The lowest BCUT2D eigenvalue weighted by molar-refractivity contribution is 0.0944. The zero-order valence-corrected chi connectivity index (χ0v) is 14.5. The fourth-order valence-corrected chi connectivity index (χ4v) is 2.54. The summed E-state index contributed by atoms with van der Waals surface area (Å²) in [5.41, 5.74) is 1.01. The van der Waals surface area contributed by atoms with Gasteiger partial charge in [0.1, 0.15) is 5.75 Å². The van der Waals surface area contributed by atoms with Crippen molar-refractivity contribution in [2.24, 2.45) is 0 Å². The largest absolute Gasteiger partial charge is 0.497 e. The maximum absolute atomic E-state index is 12.9. The van der Waals surface area contributed by atoms with E-state index >= 15 is 0 Å². The van der Waals surface area contributed by atoms with Crippen molar-refractivity contribution in [2.45, 2.75) is 6.92 Å². The third-order valence-electron chi connectivity index (χ3n) is 3.48. The number of carbonyl (C=O) groups is 1. The van der Waals surface area contributed by atoms with Crippen LogP contribution < -0.4 is 9.47 Å². The molecule has 1 heterocycles. The molecule has 128 valence electrons. The van der Waals surface area contributed by atoms with Gasteiger partial charge in [-0.15, -0.1) is 5.10 Å². The molecule has 7 heteroatoms. The minimum Gasteiger partial charge on any atom is -0.497 e. The zero-order chi connectivity index (χ0) is 17.8. The maximum atomic E-state index is 12.9. The van der Waals surface area contributed by atoms with Crippen molar-refractivity contribution >= 4 is 17.5 Å². The summed E-state index contributed by atoms with van der Waals surface area (Å²) >= 11 is 6.26. The van der Waals surface area contributed by atoms with Crippen LogP contribution in [0.2, 0.25) is 5.02 Å². The van der Waals surface area contributed by atoms with Crippen molar-refractivity contribution in [1.82, 2.24) is 14.8 Å². The van der Waals surface area contributed by atoms with Gasteiger partial charge in [-0.1, -0.05) is 29.8 Å². The molecule has 3 rings (SSSR count). The van der Waals surface area contributed by atoms with E-state index in [-0.39, 0.29) is 11.9 Å². The molecule has 0 radical (unpaired) electrons. The Morgan fingerprint density at radius 3 is 2.72 bits per heavy atom. The topological polar surface area (TPSA) is 66.2 Å². The Morgan fingerprint density at radius 1 is 1.20 bits per heavy atom. The van der Waals surface area contributed by atoms with Crippen molar-refractivity contribution in [2.75, 3.05) is 13.7 Å². The molecular formula is C18H16ClN3O3. The highest BCUT2D eigenvalue weighted by Gasteiger charge is 2.21. The molecule has 0 atom stereocenters. The van der Waals surface area contributed by atoms with Crippen molar-refractivity contribution < 1.29 is 14.3 Å². The van der Waals surface area contributed by atoms with Gasteiger partial charge < -0.3 is 9.47 Å². The van der Waals surface area contributed by atoms with Crippen LogP contribution in [0.15, 0.2) is 48.5 Å². The van der Waals surface area contributed by atoms with Gasteiger partial charge in [-0.2, -0.15) is 9.67 Å². The van der Waals surface area contributed by atoms with Gasteiger partial charge in [-0.05, 0) is 37.3 Å². The number of nitrogens with zero attached hydrogens (tertiary/aromatic N) is 3. The Labute approximate surface area is 150 Å². The van der Waals surface area contributed by atoms with E-state index < -0.39 is 0 Å². The Hall–Kier alpha value is -2.86. The number of carbonyl (C=O) groups excluding carboxylic acids is 1. The Bertz CT molecular complexity index is 908. The second-order valence-electron chi connectivity index (χ2n) is 5.08. The first-order valence-electron chi connectivity index (χ1n) is 7.67. The first-order valence-corrected chi connectivity index (χ1v) is 8.05. The average molecular weight is 358 g/mol. The number of ether oxygens (including phenoxy) is 2. The molecule has 0 saturated heterocycles. The number of rotatable bonds is 5. The number of aromatic nitrogens is 3. The number of hydrogen-bond acceptors (Lipinski definition) is 5. The van der Waals surface area contributed by atoms with Gasteiger partial charge in [0, 0.05) is 11.1 Å². The number of methoxy groups -OCH3 is 1. The molecule has 3 aromatic rings. The first-order chi connectivity index (χ1) is 12.1. The summed E-state index contributed by atoms with van der Waals surface area (Å²) in [6.07, 6.45) is 0. The smallest absolute Gasteiger partial charge is 0.336 e. The summed E-state index contributed by atoms with van der Waals surface area (Å²) in [4.78, 5) is 17.3. The predicted octanol–water partition coefficient (Wildman–Crippen LogP) is 3.69. The molecule has 0 aliphatic rings. The first kappa shape index (κ1) is 17.0. The van der Waals surface area contributed by atoms with E-state index in [2.05, 4.69) is 10.1 Å². The predicted molar refractivity (Wildman–Crippen MR) is 94.4 cm³/mol. The second-order valence-corrected chi connectivity index (χ2v) is 5.49. The molecule has 0 saturated carbocycles. The monoisotopic (exact) mass is 357 g/mol. The summed E-state index contributed by atoms with van der Waals surface area (Å²) < 4.78 is 11.7. The molecule has 0 N–H and O–H groups in total. The highest BCUT2D eigenvalue weighted by Crippen LogP contribution is 2.28. The van der Waals surface area contributed by atoms with Crippen LogP contribution in [-0.4, -0.2) is 34.4 Å². The molecule has 2 aromatic carbocycles. The van der Waals surface area contributed by atoms with E-state index in [4.69, 9.17) is 21.1 Å². The van der Waals surface area contributed by atoms with Crippen molar-refractivity contribution in [3.63, 3.8) is 0 Å². The summed E-state index contributed by atoms with van der Waals surface area (Å²) in [7, 11) is 1.54. The Balaban J connectivity index is 2.11. The van der Waals surface area contributed by atoms with Crippen LogP contribution in [0.4, 0.5) is 0 Å². The highest BCUT2D eigenvalue weighted by atomic mass is 35.5. The van der Waals surface area contributed by atoms with Crippen LogP contribution in [0.3, 0.4) is 0 Å². The quantitative estimate of drug-likeness (QED) is 0.696. The Morgan fingerprint density at radius 2 is 2.00 bits per heavy atom. The summed E-state index contributed by atoms with van der Waals surface area (Å²) in [6, 6.07) is 14.1. The molecule has 0 bridgehead atoms. The van der Waals surface area contributed by atoms with Crippen molar-refractivity contribution in [1.29, 1.82) is 0 Å². The lowest BCUT2D eigenvalue weighted by atomic mass is 10.2. The number of halogens is 1. The lowest BCUT2D eigenvalue weighted by Gasteiger charge is -2.07. The van der Waals surface area contributed by atoms with E-state index in [1.807, 2.05) is 13.0 Å². The molecule has 0 spiro atoms. The van der Waals surface area contributed by atoms with Gasteiger partial charge >= 0.3 is 6.01 Å². The molecule has 6 nitrogen and oxygen atoms in total. The van der Waals surface area contributed by atoms with E-state index in [1.165, 1.54) is 4.68 Å². The van der Waals surface area contributed by atoms with Crippen LogP contribution >= 0.6 is 11.6 Å². The molecule has 25 heavy (non-hydrogen) atoms. The van der Waals surface area contributed by atoms with Crippen LogP contribution in [-0.2, 0) is 0 Å². The van der Waals surface area contributed by atoms with E-state index in [0.717, 1.165) is 0 Å². The van der Waals surface area contributed by atoms with Gasteiger partial charge in [0.15, 0.2) is 5.82 Å². The third kappa shape index (κ3) is 3.49. The molecule has 0 fully saturated rings. The van der Waals surface area contributed by atoms with Gasteiger partial charge in [0.2, 0.25) is 0 Å². The van der Waals surface area contributed by atoms with Gasteiger partial charge in [0.05, 0.1) is 18.7 Å². The van der Waals surface area contributed by atoms with Gasteiger partial charge in [-0.3, -0.25) is 4.79 Å². The maximum Gasteiger partial charge on any atom is 0.336 e. The summed E-state index contributed by atoms with van der Waals surface area (Å²) in [6.45, 7) is 2.21. The number of hydrogen-bond donors (Lipinski definition) is 0. The molecule has 0 unspecified atom stereocenters. The van der Waals surface area contributed by atoms with Crippen LogP contribution in [0.25, 0.3) is 11.4 Å². The second kappa shape index (κ2) is 7.36. The van der Waals surface area contributed by atoms with Gasteiger partial charge in [0.25, 0.3) is 5.91 Å².